The molecular weight excluding hydrogens is 456 g/mol. The van der Waals surface area contributed by atoms with Crippen molar-refractivity contribution in [3.63, 3.8) is 0 Å². The average molecular weight is 487 g/mol. The van der Waals surface area contributed by atoms with E-state index in [9.17, 15) is 22.8 Å². The van der Waals surface area contributed by atoms with Gasteiger partial charge in [0, 0.05) is 51.8 Å². The maximum absolute atomic E-state index is 12.9. The SMILES string of the molecule is CCN(Cc1ccccc1)C(=O)CNC(=O)c1ccc(S(=O)(=O)N2CCN(C(C)=O)CC2)cc1. The summed E-state index contributed by atoms with van der Waals surface area (Å²) in [6.45, 7) is 5.30. The number of benzene rings is 2. The summed E-state index contributed by atoms with van der Waals surface area (Å²) >= 11 is 0. The van der Waals surface area contributed by atoms with Crippen LogP contribution in [0.1, 0.15) is 29.8 Å². The van der Waals surface area contributed by atoms with Gasteiger partial charge in [-0.1, -0.05) is 30.3 Å². The summed E-state index contributed by atoms with van der Waals surface area (Å²) in [5, 5.41) is 2.61. The highest BCUT2D eigenvalue weighted by molar-refractivity contribution is 7.89. The number of nitrogens with zero attached hydrogens (tertiary/aromatic N) is 3. The lowest BCUT2D eigenvalue weighted by Crippen LogP contribution is -2.49. The number of hydrogen-bond donors (Lipinski definition) is 1. The largest absolute Gasteiger partial charge is 0.343 e. The molecule has 3 rings (SSSR count). The molecule has 2 aromatic carbocycles. The van der Waals surface area contributed by atoms with Crippen LogP contribution in [0.5, 0.6) is 0 Å². The Morgan fingerprint density at radius 3 is 2.12 bits per heavy atom. The van der Waals surface area contributed by atoms with Gasteiger partial charge in [-0.3, -0.25) is 14.4 Å². The van der Waals surface area contributed by atoms with Gasteiger partial charge in [0.15, 0.2) is 0 Å². The zero-order chi connectivity index (χ0) is 24.7. The number of piperazine rings is 1. The summed E-state index contributed by atoms with van der Waals surface area (Å²) in [5.74, 6) is -0.736. The number of amides is 3. The van der Waals surface area contributed by atoms with Crippen molar-refractivity contribution < 1.29 is 22.8 Å². The van der Waals surface area contributed by atoms with Crippen LogP contribution in [0.15, 0.2) is 59.5 Å². The van der Waals surface area contributed by atoms with Gasteiger partial charge in [-0.05, 0) is 36.8 Å². The van der Waals surface area contributed by atoms with E-state index in [0.29, 0.717) is 26.2 Å². The van der Waals surface area contributed by atoms with Crippen LogP contribution >= 0.6 is 0 Å². The Balaban J connectivity index is 1.56. The molecule has 1 aliphatic rings. The van der Waals surface area contributed by atoms with Gasteiger partial charge < -0.3 is 15.1 Å². The molecule has 1 aliphatic heterocycles. The second kappa shape index (κ2) is 11.3. The van der Waals surface area contributed by atoms with E-state index in [1.165, 1.54) is 35.5 Å². The molecule has 0 bridgehead atoms. The molecule has 0 aromatic heterocycles. The van der Waals surface area contributed by atoms with E-state index < -0.39 is 15.9 Å². The van der Waals surface area contributed by atoms with E-state index in [4.69, 9.17) is 0 Å². The van der Waals surface area contributed by atoms with Crippen molar-refractivity contribution in [2.24, 2.45) is 0 Å². The average Bonchev–Trinajstić information content (AvgIpc) is 2.86. The summed E-state index contributed by atoms with van der Waals surface area (Å²) in [7, 11) is -3.72. The first-order chi connectivity index (χ1) is 16.2. The quantitative estimate of drug-likeness (QED) is 0.606. The molecule has 1 saturated heterocycles. The molecule has 10 heteroatoms. The van der Waals surface area contributed by atoms with Crippen LogP contribution in [0, 0.1) is 0 Å². The number of rotatable bonds is 8. The fraction of sp³-hybridized carbons (Fsp3) is 0.375. The minimum absolute atomic E-state index is 0.0759. The molecule has 0 radical (unpaired) electrons. The van der Waals surface area contributed by atoms with E-state index >= 15 is 0 Å². The van der Waals surface area contributed by atoms with Gasteiger partial charge in [0.1, 0.15) is 0 Å². The molecule has 1 N–H and O–H groups in total. The number of hydrogen-bond acceptors (Lipinski definition) is 5. The molecule has 182 valence electrons. The topological polar surface area (TPSA) is 107 Å². The smallest absolute Gasteiger partial charge is 0.251 e. The molecule has 0 spiro atoms. The third kappa shape index (κ3) is 6.21. The van der Waals surface area contributed by atoms with Gasteiger partial charge in [-0.25, -0.2) is 8.42 Å². The molecule has 0 atom stereocenters. The molecule has 0 saturated carbocycles. The molecule has 3 amide bonds. The van der Waals surface area contributed by atoms with Crippen LogP contribution in [-0.4, -0.2) is 79.5 Å². The maximum atomic E-state index is 12.9. The van der Waals surface area contributed by atoms with E-state index in [1.807, 2.05) is 37.3 Å². The monoisotopic (exact) mass is 486 g/mol. The number of sulfonamides is 1. The molecular formula is C24H30N4O5S. The minimum atomic E-state index is -3.72. The molecule has 34 heavy (non-hydrogen) atoms. The van der Waals surface area contributed by atoms with Crippen molar-refractivity contribution in [1.29, 1.82) is 0 Å². The van der Waals surface area contributed by atoms with Crippen molar-refractivity contribution in [2.75, 3.05) is 39.3 Å². The number of carbonyl (C=O) groups is 3. The van der Waals surface area contributed by atoms with E-state index in [-0.39, 0.29) is 41.9 Å². The second-order valence-corrected chi connectivity index (χ2v) is 9.95. The van der Waals surface area contributed by atoms with Gasteiger partial charge >= 0.3 is 0 Å². The lowest BCUT2D eigenvalue weighted by Gasteiger charge is -2.33. The minimum Gasteiger partial charge on any atom is -0.343 e. The summed E-state index contributed by atoms with van der Waals surface area (Å²) in [4.78, 5) is 39.8. The first kappa shape index (κ1) is 25.4. The van der Waals surface area contributed by atoms with Crippen molar-refractivity contribution >= 4 is 27.7 Å². The standard InChI is InChI=1S/C24H30N4O5S/c1-3-26(18-20-7-5-4-6-8-20)23(30)17-25-24(31)21-9-11-22(12-10-21)34(32,33)28-15-13-27(14-16-28)19(2)29/h4-12H,3,13-18H2,1-2H3,(H,25,31). The zero-order valence-electron chi connectivity index (χ0n) is 19.4. The summed E-state index contributed by atoms with van der Waals surface area (Å²) < 4.78 is 27.1. The molecule has 1 fully saturated rings. The normalized spacial score (nSPS) is 14.5. The Hall–Kier alpha value is -3.24. The van der Waals surface area contributed by atoms with Crippen LogP contribution in [-0.2, 0) is 26.2 Å². The van der Waals surface area contributed by atoms with Crippen molar-refractivity contribution in [3.05, 3.63) is 65.7 Å². The van der Waals surface area contributed by atoms with Crippen molar-refractivity contribution in [1.82, 2.24) is 19.4 Å². The number of nitrogens with one attached hydrogen (secondary N) is 1. The van der Waals surface area contributed by atoms with Crippen LogP contribution < -0.4 is 5.32 Å². The van der Waals surface area contributed by atoms with Crippen LogP contribution in [0.4, 0.5) is 0 Å². The van der Waals surface area contributed by atoms with Crippen molar-refractivity contribution in [2.45, 2.75) is 25.3 Å². The Bertz CT molecular complexity index is 1110. The highest BCUT2D eigenvalue weighted by atomic mass is 32.2. The lowest BCUT2D eigenvalue weighted by molar-refractivity contribution is -0.131. The Kier molecular flexibility index (Phi) is 8.41. The zero-order valence-corrected chi connectivity index (χ0v) is 20.3. The fourth-order valence-corrected chi connectivity index (χ4v) is 5.14. The molecule has 2 aromatic rings. The highest BCUT2D eigenvalue weighted by Gasteiger charge is 2.29. The molecule has 1 heterocycles. The van der Waals surface area contributed by atoms with E-state index in [0.717, 1.165) is 5.56 Å². The fourth-order valence-electron chi connectivity index (χ4n) is 3.72. The number of likely N-dealkylation sites (N-methyl/N-ethyl adjacent to an activating group) is 1. The second-order valence-electron chi connectivity index (χ2n) is 8.01. The predicted octanol–water partition coefficient (Wildman–Crippen LogP) is 1.32. The van der Waals surface area contributed by atoms with Gasteiger partial charge in [-0.2, -0.15) is 4.31 Å². The maximum Gasteiger partial charge on any atom is 0.251 e. The van der Waals surface area contributed by atoms with E-state index in [2.05, 4.69) is 5.32 Å². The Labute approximate surface area is 200 Å². The van der Waals surface area contributed by atoms with Crippen LogP contribution in [0.3, 0.4) is 0 Å². The molecule has 9 nitrogen and oxygen atoms in total. The van der Waals surface area contributed by atoms with Gasteiger partial charge in [0.25, 0.3) is 5.91 Å². The first-order valence-electron chi connectivity index (χ1n) is 11.2. The van der Waals surface area contributed by atoms with Gasteiger partial charge in [-0.15, -0.1) is 0 Å². The Morgan fingerprint density at radius 2 is 1.56 bits per heavy atom. The lowest BCUT2D eigenvalue weighted by atomic mass is 10.2. The summed E-state index contributed by atoms with van der Waals surface area (Å²) in [5.41, 5.74) is 1.27. The summed E-state index contributed by atoms with van der Waals surface area (Å²) in [6, 6.07) is 15.2. The number of carbonyl (C=O) groups excluding carboxylic acids is 3. The third-order valence-corrected chi connectivity index (χ3v) is 7.70. The van der Waals surface area contributed by atoms with Crippen molar-refractivity contribution in [3.8, 4) is 0 Å². The molecule has 0 aliphatic carbocycles. The third-order valence-electron chi connectivity index (χ3n) is 5.79. The highest BCUT2D eigenvalue weighted by Crippen LogP contribution is 2.18. The molecule has 0 unspecified atom stereocenters. The Morgan fingerprint density at radius 1 is 0.941 bits per heavy atom. The van der Waals surface area contributed by atoms with Crippen LogP contribution in [0.2, 0.25) is 0 Å². The van der Waals surface area contributed by atoms with Crippen LogP contribution in [0.25, 0.3) is 0 Å². The first-order valence-corrected chi connectivity index (χ1v) is 12.6. The summed E-state index contributed by atoms with van der Waals surface area (Å²) in [6.07, 6.45) is 0. The predicted molar refractivity (Wildman–Crippen MR) is 127 cm³/mol. The van der Waals surface area contributed by atoms with Gasteiger partial charge in [0.2, 0.25) is 21.8 Å². The van der Waals surface area contributed by atoms with Gasteiger partial charge in [0.05, 0.1) is 11.4 Å². The van der Waals surface area contributed by atoms with E-state index in [1.54, 1.807) is 9.80 Å².